The topological polar surface area (TPSA) is 76.6 Å². The van der Waals surface area contributed by atoms with Gasteiger partial charge in [0, 0.05) is 18.9 Å². The Morgan fingerprint density at radius 2 is 2.00 bits per heavy atom. The van der Waals surface area contributed by atoms with Gasteiger partial charge in [0.05, 0.1) is 24.5 Å². The van der Waals surface area contributed by atoms with Crippen molar-refractivity contribution in [2.24, 2.45) is 0 Å². The number of hydrogen-bond donors (Lipinski definition) is 0. The quantitative estimate of drug-likeness (QED) is 0.789. The summed E-state index contributed by atoms with van der Waals surface area (Å²) in [5, 5.41) is 0. The van der Waals surface area contributed by atoms with Crippen LogP contribution in [-0.2, 0) is 26.1 Å². The van der Waals surface area contributed by atoms with Gasteiger partial charge in [0.15, 0.2) is 0 Å². The van der Waals surface area contributed by atoms with Gasteiger partial charge in [-0.25, -0.2) is 12.8 Å². The molecule has 0 aliphatic carbocycles. The van der Waals surface area contributed by atoms with Crippen LogP contribution in [0.2, 0.25) is 0 Å². The Kier molecular flexibility index (Phi) is 4.33. The van der Waals surface area contributed by atoms with Gasteiger partial charge < -0.3 is 4.74 Å². The molecule has 0 amide bonds. The van der Waals surface area contributed by atoms with E-state index in [1.165, 1.54) is 17.5 Å². The van der Waals surface area contributed by atoms with Crippen molar-refractivity contribution in [3.63, 3.8) is 0 Å². The first-order valence-corrected chi connectivity index (χ1v) is 8.64. The van der Waals surface area contributed by atoms with Gasteiger partial charge in [-0.1, -0.05) is 0 Å². The predicted molar refractivity (Wildman–Crippen MR) is 82.7 cm³/mol. The zero-order valence-corrected chi connectivity index (χ0v) is 13.7. The van der Waals surface area contributed by atoms with Crippen molar-refractivity contribution in [1.82, 2.24) is 9.29 Å². The summed E-state index contributed by atoms with van der Waals surface area (Å²) in [5.41, 5.74) is 0.992. The molecule has 1 aliphatic heterocycles. The fourth-order valence-corrected chi connectivity index (χ4v) is 4.61. The Labute approximate surface area is 138 Å². The van der Waals surface area contributed by atoms with Gasteiger partial charge in [-0.2, -0.15) is 4.31 Å². The van der Waals surface area contributed by atoms with E-state index in [0.717, 1.165) is 17.7 Å². The number of pyridine rings is 1. The van der Waals surface area contributed by atoms with Crippen molar-refractivity contribution in [2.75, 3.05) is 7.11 Å². The third-order valence-corrected chi connectivity index (χ3v) is 5.87. The van der Waals surface area contributed by atoms with Crippen LogP contribution in [0.25, 0.3) is 0 Å². The van der Waals surface area contributed by atoms with Crippen LogP contribution in [0.1, 0.15) is 23.6 Å². The summed E-state index contributed by atoms with van der Waals surface area (Å²) in [6.07, 6.45) is 2.93. The number of nitrogens with zero attached hydrogens (tertiary/aromatic N) is 2. The van der Waals surface area contributed by atoms with Crippen LogP contribution in [0.3, 0.4) is 0 Å². The summed E-state index contributed by atoms with van der Waals surface area (Å²) >= 11 is 0. The summed E-state index contributed by atoms with van der Waals surface area (Å²) in [7, 11) is -2.60. The molecular formula is C16H15FN2O4S. The van der Waals surface area contributed by atoms with E-state index >= 15 is 0 Å². The van der Waals surface area contributed by atoms with Crippen molar-refractivity contribution in [3.8, 4) is 0 Å². The molecule has 1 aromatic carbocycles. The molecule has 0 unspecified atom stereocenters. The molecule has 0 radical (unpaired) electrons. The van der Waals surface area contributed by atoms with Gasteiger partial charge in [0.25, 0.3) is 0 Å². The summed E-state index contributed by atoms with van der Waals surface area (Å²) in [6.45, 7) is 0.0583. The Balaban J connectivity index is 2.06. The van der Waals surface area contributed by atoms with Crippen molar-refractivity contribution in [2.45, 2.75) is 23.9 Å². The number of fused-ring (bicyclic) bond motifs is 1. The lowest BCUT2D eigenvalue weighted by molar-refractivity contribution is -0.141. The second-order valence-electron chi connectivity index (χ2n) is 5.38. The molecule has 24 heavy (non-hydrogen) atoms. The molecule has 0 N–H and O–H groups in total. The lowest BCUT2D eigenvalue weighted by atomic mass is 10.0. The fourth-order valence-electron chi connectivity index (χ4n) is 2.78. The van der Waals surface area contributed by atoms with Crippen LogP contribution >= 0.6 is 0 Å². The molecule has 0 spiro atoms. The summed E-state index contributed by atoms with van der Waals surface area (Å²) < 4.78 is 45.1. The van der Waals surface area contributed by atoms with Gasteiger partial charge in [0.1, 0.15) is 5.82 Å². The molecule has 2 heterocycles. The molecule has 1 aliphatic rings. The third-order valence-electron chi connectivity index (χ3n) is 3.94. The lowest BCUT2D eigenvalue weighted by Crippen LogP contribution is -2.29. The molecule has 0 bridgehead atoms. The number of esters is 1. The van der Waals surface area contributed by atoms with Crippen LogP contribution in [0.15, 0.2) is 47.6 Å². The zero-order chi connectivity index (χ0) is 17.3. The molecule has 1 aromatic heterocycles. The number of ether oxygens (including phenoxy) is 1. The van der Waals surface area contributed by atoms with Gasteiger partial charge in [-0.3, -0.25) is 9.78 Å². The van der Waals surface area contributed by atoms with E-state index in [1.54, 1.807) is 24.5 Å². The molecule has 0 saturated heterocycles. The van der Waals surface area contributed by atoms with Gasteiger partial charge in [-0.05, 0) is 41.5 Å². The number of carbonyl (C=O) groups excluding carboxylic acids is 1. The SMILES string of the molecule is COC(=O)C[C@H]1c2cc(F)ccc2S(=O)(=O)N1Cc1ccncc1. The molecule has 3 rings (SSSR count). The number of hydrogen-bond acceptors (Lipinski definition) is 5. The minimum absolute atomic E-state index is 0.0202. The first kappa shape index (κ1) is 16.5. The maximum Gasteiger partial charge on any atom is 0.307 e. The second kappa shape index (κ2) is 6.29. The molecule has 8 heteroatoms. The summed E-state index contributed by atoms with van der Waals surface area (Å²) in [4.78, 5) is 15.6. The highest BCUT2D eigenvalue weighted by Gasteiger charge is 2.43. The van der Waals surface area contributed by atoms with Crippen LogP contribution in [0.5, 0.6) is 0 Å². The third kappa shape index (κ3) is 2.90. The number of methoxy groups -OCH3 is 1. The number of carbonyl (C=O) groups is 1. The van der Waals surface area contributed by atoms with Crippen molar-refractivity contribution < 1.29 is 22.3 Å². The van der Waals surface area contributed by atoms with Crippen LogP contribution in [-0.4, -0.2) is 30.8 Å². The molecule has 2 aromatic rings. The minimum atomic E-state index is -3.83. The van der Waals surface area contributed by atoms with E-state index in [4.69, 9.17) is 0 Å². The second-order valence-corrected chi connectivity index (χ2v) is 7.24. The standard InChI is InChI=1S/C16H15FN2O4S/c1-23-16(20)9-14-13-8-12(17)2-3-15(13)24(21,22)19(14)10-11-4-6-18-7-5-11/h2-8,14H,9-10H2,1H3/t14-/m0/s1. The highest BCUT2D eigenvalue weighted by Crippen LogP contribution is 2.42. The average molecular weight is 350 g/mol. The number of sulfonamides is 1. The first-order chi connectivity index (χ1) is 11.4. The van der Waals surface area contributed by atoms with E-state index in [2.05, 4.69) is 9.72 Å². The average Bonchev–Trinajstić information content (AvgIpc) is 2.76. The van der Waals surface area contributed by atoms with E-state index in [1.807, 2.05) is 0 Å². The van der Waals surface area contributed by atoms with E-state index in [9.17, 15) is 17.6 Å². The molecule has 1 atom stereocenters. The van der Waals surface area contributed by atoms with E-state index in [-0.39, 0.29) is 23.4 Å². The Hall–Kier alpha value is -2.32. The largest absolute Gasteiger partial charge is 0.469 e. The molecule has 126 valence electrons. The van der Waals surface area contributed by atoms with E-state index < -0.39 is 27.9 Å². The van der Waals surface area contributed by atoms with Crippen molar-refractivity contribution >= 4 is 16.0 Å². The Bertz CT molecular complexity index is 871. The summed E-state index contributed by atoms with van der Waals surface area (Å²) in [6, 6.07) is 6.06. The molecule has 6 nitrogen and oxygen atoms in total. The van der Waals surface area contributed by atoms with Crippen molar-refractivity contribution in [1.29, 1.82) is 0 Å². The maximum atomic E-state index is 13.6. The minimum Gasteiger partial charge on any atom is -0.469 e. The monoisotopic (exact) mass is 350 g/mol. The fraction of sp³-hybridized carbons (Fsp3) is 0.250. The highest BCUT2D eigenvalue weighted by molar-refractivity contribution is 7.89. The van der Waals surface area contributed by atoms with Gasteiger partial charge in [-0.15, -0.1) is 0 Å². The maximum absolute atomic E-state index is 13.6. The number of halogens is 1. The Morgan fingerprint density at radius 1 is 1.29 bits per heavy atom. The van der Waals surface area contributed by atoms with Crippen LogP contribution in [0.4, 0.5) is 4.39 Å². The first-order valence-electron chi connectivity index (χ1n) is 7.20. The van der Waals surface area contributed by atoms with E-state index in [0.29, 0.717) is 0 Å². The van der Waals surface area contributed by atoms with Crippen molar-refractivity contribution in [3.05, 3.63) is 59.7 Å². The van der Waals surface area contributed by atoms with Crippen LogP contribution < -0.4 is 0 Å². The predicted octanol–water partition coefficient (Wildman–Crippen LogP) is 2.03. The smallest absolute Gasteiger partial charge is 0.307 e. The summed E-state index contributed by atoms with van der Waals surface area (Å²) in [5.74, 6) is -1.11. The highest BCUT2D eigenvalue weighted by atomic mass is 32.2. The zero-order valence-electron chi connectivity index (χ0n) is 12.8. The van der Waals surface area contributed by atoms with Crippen LogP contribution in [0, 0.1) is 5.82 Å². The van der Waals surface area contributed by atoms with Gasteiger partial charge >= 0.3 is 5.97 Å². The van der Waals surface area contributed by atoms with Gasteiger partial charge in [0.2, 0.25) is 10.0 Å². The Morgan fingerprint density at radius 3 is 2.67 bits per heavy atom. The molecular weight excluding hydrogens is 335 g/mol. The number of benzene rings is 1. The number of aromatic nitrogens is 1. The molecule has 0 saturated carbocycles. The normalized spacial score (nSPS) is 19.0. The lowest BCUT2D eigenvalue weighted by Gasteiger charge is -2.22. The number of rotatable bonds is 4. The molecule has 0 fully saturated rings.